The Kier molecular flexibility index (Phi) is 6.77. The normalized spacial score (nSPS) is 17.6. The van der Waals surface area contributed by atoms with E-state index in [-0.39, 0.29) is 34.9 Å². The van der Waals surface area contributed by atoms with Crippen molar-refractivity contribution in [2.45, 2.75) is 32.7 Å². The Hall–Kier alpha value is -3.88. The summed E-state index contributed by atoms with van der Waals surface area (Å²) in [7, 11) is 0. The predicted octanol–water partition coefficient (Wildman–Crippen LogP) is 3.92. The number of amides is 1. The van der Waals surface area contributed by atoms with Gasteiger partial charge in [0.05, 0.1) is 23.1 Å². The number of Topliss-reactive ketones (excluding diaryl/α,β-unsaturated/α-hetero) is 1. The number of non-ortho nitro benzene ring substituents is 1. The minimum absolute atomic E-state index is 0.0569. The fourth-order valence-corrected chi connectivity index (χ4v) is 3.68. The number of nitro benzene ring substituents is 1. The van der Waals surface area contributed by atoms with Gasteiger partial charge in [-0.25, -0.2) is 0 Å². The molecule has 0 saturated carbocycles. The lowest BCUT2D eigenvalue weighted by Crippen LogP contribution is -2.30. The molecule has 32 heavy (non-hydrogen) atoms. The van der Waals surface area contributed by atoms with E-state index in [9.17, 15) is 29.9 Å². The Morgan fingerprint density at radius 1 is 1.19 bits per heavy atom. The average molecular weight is 440 g/mol. The smallest absolute Gasteiger partial charge is 0.295 e. The van der Waals surface area contributed by atoms with Gasteiger partial charge >= 0.3 is 0 Å². The van der Waals surface area contributed by atoms with Crippen molar-refractivity contribution >= 4 is 23.1 Å². The van der Waals surface area contributed by atoms with Crippen LogP contribution in [0.5, 0.6) is 11.5 Å². The third kappa shape index (κ3) is 4.27. The van der Waals surface area contributed by atoms with Gasteiger partial charge in [-0.2, -0.15) is 0 Å². The third-order valence-electron chi connectivity index (χ3n) is 5.22. The zero-order chi connectivity index (χ0) is 23.4. The number of ketones is 1. The molecule has 9 nitrogen and oxygen atoms in total. The van der Waals surface area contributed by atoms with Crippen LogP contribution in [0.3, 0.4) is 0 Å². The summed E-state index contributed by atoms with van der Waals surface area (Å²) >= 11 is 0. The fraction of sp³-hybridized carbons (Fsp3) is 0.304. The van der Waals surface area contributed by atoms with Crippen LogP contribution in [0.4, 0.5) is 5.69 Å². The van der Waals surface area contributed by atoms with E-state index in [0.29, 0.717) is 18.6 Å². The summed E-state index contributed by atoms with van der Waals surface area (Å²) in [4.78, 5) is 37.7. The van der Waals surface area contributed by atoms with E-state index in [1.807, 2.05) is 6.92 Å². The zero-order valence-corrected chi connectivity index (χ0v) is 17.8. The molecule has 1 unspecified atom stereocenters. The molecule has 0 aromatic heterocycles. The second-order valence-electron chi connectivity index (χ2n) is 7.31. The largest absolute Gasteiger partial charge is 0.507 e. The Morgan fingerprint density at radius 3 is 2.59 bits per heavy atom. The topological polar surface area (TPSA) is 130 Å². The number of nitro groups is 1. The van der Waals surface area contributed by atoms with Gasteiger partial charge in [0.25, 0.3) is 17.4 Å². The van der Waals surface area contributed by atoms with E-state index in [4.69, 9.17) is 4.74 Å². The van der Waals surface area contributed by atoms with Gasteiger partial charge in [0.15, 0.2) is 11.5 Å². The first-order chi connectivity index (χ1) is 15.3. The lowest BCUT2D eigenvalue weighted by atomic mass is 9.94. The highest BCUT2D eigenvalue weighted by Gasteiger charge is 2.46. The number of carbonyl (C=O) groups excluding carboxylic acids is 2. The van der Waals surface area contributed by atoms with Gasteiger partial charge in [0.1, 0.15) is 5.76 Å². The number of carbonyl (C=O) groups is 2. The first-order valence-electron chi connectivity index (χ1n) is 10.3. The zero-order valence-electron chi connectivity index (χ0n) is 17.8. The maximum Gasteiger partial charge on any atom is 0.295 e. The van der Waals surface area contributed by atoms with Crippen molar-refractivity contribution in [3.63, 3.8) is 0 Å². The Labute approximate surface area is 184 Å². The van der Waals surface area contributed by atoms with Crippen molar-refractivity contribution in [3.8, 4) is 11.5 Å². The molecule has 1 amide bonds. The van der Waals surface area contributed by atoms with Gasteiger partial charge in [-0.1, -0.05) is 31.5 Å². The molecular weight excluding hydrogens is 416 g/mol. The number of phenols is 1. The second kappa shape index (κ2) is 9.51. The van der Waals surface area contributed by atoms with E-state index < -0.39 is 28.4 Å². The molecule has 0 radical (unpaired) electrons. The fourth-order valence-electron chi connectivity index (χ4n) is 3.68. The van der Waals surface area contributed by atoms with Crippen molar-refractivity contribution in [2.75, 3.05) is 13.2 Å². The van der Waals surface area contributed by atoms with Crippen LogP contribution < -0.4 is 4.74 Å². The minimum atomic E-state index is -0.930. The van der Waals surface area contributed by atoms with Gasteiger partial charge in [0, 0.05) is 24.2 Å². The summed E-state index contributed by atoms with van der Waals surface area (Å²) in [5.41, 5.74) is 0.101. The van der Waals surface area contributed by atoms with Gasteiger partial charge in [-0.05, 0) is 31.0 Å². The highest BCUT2D eigenvalue weighted by molar-refractivity contribution is 6.46. The maximum absolute atomic E-state index is 13.0. The minimum Gasteiger partial charge on any atom is -0.507 e. The van der Waals surface area contributed by atoms with E-state index in [1.54, 1.807) is 13.0 Å². The maximum atomic E-state index is 13.0. The van der Waals surface area contributed by atoms with Crippen LogP contribution in [0.15, 0.2) is 48.0 Å². The number of nitrogens with zero attached hydrogens (tertiary/aromatic N) is 2. The van der Waals surface area contributed by atoms with E-state index in [2.05, 4.69) is 0 Å². The molecule has 0 bridgehead atoms. The van der Waals surface area contributed by atoms with Crippen LogP contribution in [0, 0.1) is 10.1 Å². The number of aromatic hydroxyl groups is 1. The van der Waals surface area contributed by atoms with Crippen LogP contribution in [-0.4, -0.2) is 44.9 Å². The van der Waals surface area contributed by atoms with Gasteiger partial charge < -0.3 is 19.8 Å². The van der Waals surface area contributed by atoms with Crippen molar-refractivity contribution in [3.05, 3.63) is 69.3 Å². The van der Waals surface area contributed by atoms with E-state index in [0.717, 1.165) is 12.5 Å². The number of aliphatic hydroxyl groups excluding tert-OH is 1. The summed E-state index contributed by atoms with van der Waals surface area (Å²) in [6, 6.07) is 8.78. The highest BCUT2D eigenvalue weighted by Crippen LogP contribution is 2.42. The van der Waals surface area contributed by atoms with E-state index in [1.165, 1.54) is 35.2 Å². The van der Waals surface area contributed by atoms with Crippen molar-refractivity contribution < 1.29 is 29.5 Å². The van der Waals surface area contributed by atoms with Crippen LogP contribution in [0.1, 0.15) is 43.9 Å². The van der Waals surface area contributed by atoms with Gasteiger partial charge in [-0.15, -0.1) is 0 Å². The van der Waals surface area contributed by atoms with E-state index >= 15 is 0 Å². The lowest BCUT2D eigenvalue weighted by Gasteiger charge is -2.25. The third-order valence-corrected chi connectivity index (χ3v) is 5.22. The molecule has 0 aliphatic carbocycles. The molecule has 3 rings (SSSR count). The quantitative estimate of drug-likeness (QED) is 0.209. The molecule has 2 N–H and O–H groups in total. The highest BCUT2D eigenvalue weighted by atomic mass is 16.6. The molecule has 0 spiro atoms. The lowest BCUT2D eigenvalue weighted by molar-refractivity contribution is -0.384. The summed E-state index contributed by atoms with van der Waals surface area (Å²) in [5, 5.41) is 32.2. The summed E-state index contributed by atoms with van der Waals surface area (Å²) in [6.45, 7) is 4.27. The number of benzene rings is 2. The number of likely N-dealkylation sites (tertiary alicyclic amines) is 1. The average Bonchev–Trinajstić information content (AvgIpc) is 3.03. The number of phenolic OH excluding ortho intramolecular Hbond substituents is 1. The summed E-state index contributed by atoms with van der Waals surface area (Å²) in [5.74, 6) is -2.05. The Balaban J connectivity index is 2.20. The molecule has 2 aromatic carbocycles. The Morgan fingerprint density at radius 2 is 1.94 bits per heavy atom. The number of unbranched alkanes of at least 4 members (excludes halogenated alkanes) is 1. The first kappa shape index (κ1) is 22.8. The SMILES string of the molecule is CCCCN1C(=O)C(=O)/C(=C(/O)c2cccc([N+](=O)[O-])c2)C1c1ccc(O)c(OCC)c1. The van der Waals surface area contributed by atoms with Crippen LogP contribution in [0.25, 0.3) is 5.76 Å². The van der Waals surface area contributed by atoms with Crippen molar-refractivity contribution in [1.82, 2.24) is 4.90 Å². The van der Waals surface area contributed by atoms with Crippen LogP contribution >= 0.6 is 0 Å². The molecule has 1 heterocycles. The molecule has 2 aromatic rings. The molecule has 1 aliphatic rings. The summed E-state index contributed by atoms with van der Waals surface area (Å²) in [6.07, 6.45) is 1.41. The van der Waals surface area contributed by atoms with Crippen LogP contribution in [-0.2, 0) is 9.59 Å². The standard InChI is InChI=1S/C23H24N2O7/c1-3-5-11-24-20(14-9-10-17(26)18(13-14)32-4-2)19(22(28)23(24)29)21(27)15-7-6-8-16(12-15)25(30)31/h6-10,12-13,20,26-27H,3-5,11H2,1-2H3/b21-19+. The molecule has 9 heteroatoms. The van der Waals surface area contributed by atoms with Crippen molar-refractivity contribution in [1.29, 1.82) is 0 Å². The van der Waals surface area contributed by atoms with Crippen molar-refractivity contribution in [2.24, 2.45) is 0 Å². The number of hydrogen-bond acceptors (Lipinski definition) is 7. The summed E-state index contributed by atoms with van der Waals surface area (Å²) < 4.78 is 5.44. The monoisotopic (exact) mass is 440 g/mol. The molecule has 1 fully saturated rings. The number of aliphatic hydroxyl groups is 1. The van der Waals surface area contributed by atoms with Gasteiger partial charge in [0.2, 0.25) is 0 Å². The molecule has 1 saturated heterocycles. The Bertz CT molecular complexity index is 1090. The predicted molar refractivity (Wildman–Crippen MR) is 116 cm³/mol. The molecular formula is C23H24N2O7. The first-order valence-corrected chi connectivity index (χ1v) is 10.3. The second-order valence-corrected chi connectivity index (χ2v) is 7.31. The number of rotatable bonds is 8. The molecule has 168 valence electrons. The van der Waals surface area contributed by atoms with Gasteiger partial charge in [-0.3, -0.25) is 19.7 Å². The molecule has 1 atom stereocenters. The number of ether oxygens (including phenoxy) is 1. The number of hydrogen-bond donors (Lipinski definition) is 2. The molecule has 1 aliphatic heterocycles. The van der Waals surface area contributed by atoms with Crippen LogP contribution in [0.2, 0.25) is 0 Å².